The Hall–Kier alpha value is -1.10. The number of nitrogens with zero attached hydrogens (tertiary/aromatic N) is 4. The van der Waals surface area contributed by atoms with Gasteiger partial charge in [0.2, 0.25) is 17.2 Å². The lowest BCUT2D eigenvalue weighted by atomic mass is 9.78. The van der Waals surface area contributed by atoms with Crippen molar-refractivity contribution in [2.75, 3.05) is 23.3 Å². The van der Waals surface area contributed by atoms with E-state index in [-0.39, 0.29) is 5.28 Å². The molecule has 0 amide bonds. The van der Waals surface area contributed by atoms with Gasteiger partial charge in [-0.3, -0.25) is 0 Å². The Morgan fingerprint density at radius 1 is 1.05 bits per heavy atom. The Morgan fingerprint density at radius 2 is 1.81 bits per heavy atom. The van der Waals surface area contributed by atoms with Crippen LogP contribution in [0.3, 0.4) is 0 Å². The van der Waals surface area contributed by atoms with Crippen LogP contribution in [0.4, 0.5) is 11.9 Å². The molecule has 1 aliphatic heterocycles. The van der Waals surface area contributed by atoms with Crippen molar-refractivity contribution in [3.8, 4) is 0 Å². The maximum atomic E-state index is 6.08. The molecule has 0 spiro atoms. The first kappa shape index (κ1) is 14.8. The fourth-order valence-electron chi connectivity index (χ4n) is 3.41. The summed E-state index contributed by atoms with van der Waals surface area (Å²) in [6.07, 6.45) is 6.15. The van der Waals surface area contributed by atoms with Crippen LogP contribution in [-0.2, 0) is 0 Å². The van der Waals surface area contributed by atoms with E-state index in [1.807, 2.05) is 0 Å². The van der Waals surface area contributed by atoms with Gasteiger partial charge in [0.25, 0.3) is 0 Å². The lowest BCUT2D eigenvalue weighted by Crippen LogP contribution is -2.35. The van der Waals surface area contributed by atoms with Crippen molar-refractivity contribution in [3.63, 3.8) is 0 Å². The average molecular weight is 310 g/mol. The maximum Gasteiger partial charge on any atom is 0.231 e. The highest BCUT2D eigenvalue weighted by molar-refractivity contribution is 6.28. The monoisotopic (exact) mass is 309 g/mol. The van der Waals surface area contributed by atoms with E-state index < -0.39 is 0 Å². The Bertz CT molecular complexity index is 489. The number of rotatable bonds is 3. The van der Waals surface area contributed by atoms with Crippen LogP contribution in [0, 0.1) is 11.8 Å². The second kappa shape index (κ2) is 6.34. The van der Waals surface area contributed by atoms with E-state index in [1.165, 1.54) is 32.1 Å². The molecule has 3 rings (SSSR count). The summed E-state index contributed by atoms with van der Waals surface area (Å²) in [5.74, 6) is 2.71. The molecule has 1 aromatic heterocycles. The third-order valence-corrected chi connectivity index (χ3v) is 5.18. The van der Waals surface area contributed by atoms with Gasteiger partial charge in [0.05, 0.1) is 0 Å². The van der Waals surface area contributed by atoms with Crippen LogP contribution in [0.1, 0.15) is 46.0 Å². The summed E-state index contributed by atoms with van der Waals surface area (Å²) in [5.41, 5.74) is 0. The second-order valence-corrected chi connectivity index (χ2v) is 6.78. The van der Waals surface area contributed by atoms with Gasteiger partial charge in [0.1, 0.15) is 0 Å². The van der Waals surface area contributed by atoms with E-state index in [1.54, 1.807) is 0 Å². The highest BCUT2D eigenvalue weighted by Gasteiger charge is 2.28. The maximum absolute atomic E-state index is 6.08. The fourth-order valence-corrected chi connectivity index (χ4v) is 3.57. The van der Waals surface area contributed by atoms with Crippen LogP contribution in [0.5, 0.6) is 0 Å². The molecule has 6 heteroatoms. The first-order valence-electron chi connectivity index (χ1n) is 8.06. The summed E-state index contributed by atoms with van der Waals surface area (Å²) in [7, 11) is 0. The Balaban J connectivity index is 1.75. The van der Waals surface area contributed by atoms with Crippen LogP contribution >= 0.6 is 11.6 Å². The van der Waals surface area contributed by atoms with Gasteiger partial charge in [-0.15, -0.1) is 0 Å². The van der Waals surface area contributed by atoms with Crippen molar-refractivity contribution in [3.05, 3.63) is 5.28 Å². The van der Waals surface area contributed by atoms with E-state index in [0.29, 0.717) is 23.9 Å². The molecular formula is C15H24ClN5. The molecule has 5 nitrogen and oxygen atoms in total. The van der Waals surface area contributed by atoms with Crippen LogP contribution in [0.2, 0.25) is 5.28 Å². The predicted octanol–water partition coefficient (Wildman–Crippen LogP) is 3.36. The number of hydrogen-bond donors (Lipinski definition) is 1. The van der Waals surface area contributed by atoms with Crippen molar-refractivity contribution in [2.45, 2.75) is 52.0 Å². The molecule has 1 saturated carbocycles. The molecule has 116 valence electrons. The van der Waals surface area contributed by atoms with Crippen LogP contribution < -0.4 is 10.2 Å². The van der Waals surface area contributed by atoms with Crippen molar-refractivity contribution < 1.29 is 0 Å². The number of nitrogens with one attached hydrogen (secondary N) is 1. The first-order chi connectivity index (χ1) is 10.1. The Kier molecular flexibility index (Phi) is 4.48. The zero-order valence-electron chi connectivity index (χ0n) is 12.8. The van der Waals surface area contributed by atoms with Gasteiger partial charge in [-0.1, -0.05) is 26.7 Å². The minimum Gasteiger partial charge on any atom is -0.351 e. The SMILES string of the molecule is CC1CCCC(Nc2nc(Cl)nc(N3CCCC3)n2)C1C. The highest BCUT2D eigenvalue weighted by Crippen LogP contribution is 2.31. The van der Waals surface area contributed by atoms with Gasteiger partial charge < -0.3 is 10.2 Å². The minimum absolute atomic E-state index is 0.283. The molecule has 1 saturated heterocycles. The summed E-state index contributed by atoms with van der Waals surface area (Å²) in [4.78, 5) is 15.3. The van der Waals surface area contributed by atoms with Crippen molar-refractivity contribution in [2.24, 2.45) is 11.8 Å². The molecule has 2 aliphatic rings. The molecule has 3 unspecified atom stereocenters. The van der Waals surface area contributed by atoms with Crippen molar-refractivity contribution in [1.29, 1.82) is 0 Å². The van der Waals surface area contributed by atoms with E-state index in [2.05, 4.69) is 39.0 Å². The second-order valence-electron chi connectivity index (χ2n) is 6.44. The largest absolute Gasteiger partial charge is 0.351 e. The third-order valence-electron chi connectivity index (χ3n) is 5.01. The summed E-state index contributed by atoms with van der Waals surface area (Å²) < 4.78 is 0. The topological polar surface area (TPSA) is 53.9 Å². The molecule has 1 aliphatic carbocycles. The quantitative estimate of drug-likeness (QED) is 0.928. The summed E-state index contributed by atoms with van der Waals surface area (Å²) in [6, 6.07) is 0.429. The van der Waals surface area contributed by atoms with Crippen molar-refractivity contribution in [1.82, 2.24) is 15.0 Å². The van der Waals surface area contributed by atoms with Crippen molar-refractivity contribution >= 4 is 23.5 Å². The van der Waals surface area contributed by atoms with Crippen LogP contribution in [-0.4, -0.2) is 34.1 Å². The average Bonchev–Trinajstić information content (AvgIpc) is 2.97. The van der Waals surface area contributed by atoms with Gasteiger partial charge in [-0.25, -0.2) is 0 Å². The molecular weight excluding hydrogens is 286 g/mol. The number of hydrogen-bond acceptors (Lipinski definition) is 5. The first-order valence-corrected chi connectivity index (χ1v) is 8.44. The molecule has 0 radical (unpaired) electrons. The van der Waals surface area contributed by atoms with Gasteiger partial charge in [0, 0.05) is 19.1 Å². The van der Waals surface area contributed by atoms with Gasteiger partial charge in [-0.05, 0) is 42.7 Å². The van der Waals surface area contributed by atoms with E-state index in [0.717, 1.165) is 19.0 Å². The Morgan fingerprint density at radius 3 is 2.57 bits per heavy atom. The molecule has 2 heterocycles. The Labute approximate surface area is 131 Å². The zero-order chi connectivity index (χ0) is 14.8. The van der Waals surface area contributed by atoms with E-state index in [4.69, 9.17) is 11.6 Å². The van der Waals surface area contributed by atoms with Gasteiger partial charge in [-0.2, -0.15) is 15.0 Å². The number of aromatic nitrogens is 3. The smallest absolute Gasteiger partial charge is 0.231 e. The molecule has 2 fully saturated rings. The normalized spacial score (nSPS) is 29.7. The molecule has 0 bridgehead atoms. The molecule has 1 aromatic rings. The predicted molar refractivity (Wildman–Crippen MR) is 85.9 cm³/mol. The molecule has 3 atom stereocenters. The number of anilines is 2. The fraction of sp³-hybridized carbons (Fsp3) is 0.800. The standard InChI is InChI=1S/C15H24ClN5/c1-10-6-5-7-12(11(10)2)17-14-18-13(16)19-15(20-14)21-8-3-4-9-21/h10-12H,3-9H2,1-2H3,(H,17,18,19,20). The van der Waals surface area contributed by atoms with Gasteiger partial charge >= 0.3 is 0 Å². The van der Waals surface area contributed by atoms with E-state index >= 15 is 0 Å². The molecule has 0 aromatic carbocycles. The van der Waals surface area contributed by atoms with E-state index in [9.17, 15) is 0 Å². The molecule has 21 heavy (non-hydrogen) atoms. The highest BCUT2D eigenvalue weighted by atomic mass is 35.5. The summed E-state index contributed by atoms with van der Waals surface area (Å²) in [6.45, 7) is 6.66. The van der Waals surface area contributed by atoms with Crippen LogP contribution in [0.15, 0.2) is 0 Å². The summed E-state index contributed by atoms with van der Waals surface area (Å²) >= 11 is 6.08. The summed E-state index contributed by atoms with van der Waals surface area (Å²) in [5, 5.41) is 3.78. The molecule has 1 N–H and O–H groups in total. The number of halogens is 1. The lowest BCUT2D eigenvalue weighted by molar-refractivity contribution is 0.252. The minimum atomic E-state index is 0.283. The van der Waals surface area contributed by atoms with Crippen LogP contribution in [0.25, 0.3) is 0 Å². The lowest BCUT2D eigenvalue weighted by Gasteiger charge is -2.34. The third kappa shape index (κ3) is 3.39. The van der Waals surface area contributed by atoms with Gasteiger partial charge in [0.15, 0.2) is 0 Å². The zero-order valence-corrected chi connectivity index (χ0v) is 13.6.